The van der Waals surface area contributed by atoms with Crippen LogP contribution < -0.4 is 9.46 Å². The van der Waals surface area contributed by atoms with E-state index in [2.05, 4.69) is 4.72 Å². The van der Waals surface area contributed by atoms with E-state index in [-0.39, 0.29) is 28.8 Å². The highest BCUT2D eigenvalue weighted by Crippen LogP contribution is 2.31. The number of benzene rings is 1. The molecule has 0 bridgehead atoms. The zero-order chi connectivity index (χ0) is 13.1. The first kappa shape index (κ1) is 14.2. The summed E-state index contributed by atoms with van der Waals surface area (Å²) < 4.78 is 31.2. The zero-order valence-corrected chi connectivity index (χ0v) is 11.1. The number of nitrogens with one attached hydrogen (secondary N) is 1. The van der Waals surface area contributed by atoms with Gasteiger partial charge in [0.25, 0.3) is 0 Å². The van der Waals surface area contributed by atoms with E-state index < -0.39 is 10.0 Å². The molecule has 2 N–H and O–H groups in total. The fourth-order valence-corrected chi connectivity index (χ4v) is 3.02. The van der Waals surface area contributed by atoms with Crippen LogP contribution >= 0.6 is 11.6 Å². The molecule has 0 saturated carbocycles. The van der Waals surface area contributed by atoms with Gasteiger partial charge in [0.2, 0.25) is 10.0 Å². The first-order valence-corrected chi connectivity index (χ1v) is 6.79. The quantitative estimate of drug-likeness (QED) is 0.847. The van der Waals surface area contributed by atoms with E-state index in [1.54, 1.807) is 6.92 Å². The smallest absolute Gasteiger partial charge is 0.244 e. The number of rotatable bonds is 5. The largest absolute Gasteiger partial charge is 0.495 e. The van der Waals surface area contributed by atoms with E-state index in [4.69, 9.17) is 21.4 Å². The van der Waals surface area contributed by atoms with Crippen molar-refractivity contribution in [1.82, 2.24) is 4.72 Å². The fourth-order valence-electron chi connectivity index (χ4n) is 1.44. The lowest BCUT2D eigenvalue weighted by Gasteiger charge is -2.13. The van der Waals surface area contributed by atoms with Crippen LogP contribution in [-0.2, 0) is 16.6 Å². The van der Waals surface area contributed by atoms with E-state index in [1.165, 1.54) is 19.2 Å². The van der Waals surface area contributed by atoms with E-state index in [9.17, 15) is 8.42 Å². The normalized spacial score (nSPS) is 11.5. The van der Waals surface area contributed by atoms with Gasteiger partial charge in [-0.2, -0.15) is 0 Å². The minimum atomic E-state index is -3.68. The number of methoxy groups -OCH3 is 1. The van der Waals surface area contributed by atoms with Gasteiger partial charge in [0, 0.05) is 17.1 Å². The molecule has 0 aliphatic heterocycles. The van der Waals surface area contributed by atoms with Crippen molar-refractivity contribution in [1.29, 1.82) is 0 Å². The number of hydrogen-bond acceptors (Lipinski definition) is 4. The van der Waals surface area contributed by atoms with Gasteiger partial charge in [-0.3, -0.25) is 0 Å². The number of hydrogen-bond donors (Lipinski definition) is 2. The Bertz CT molecular complexity index is 501. The Morgan fingerprint density at radius 2 is 2.12 bits per heavy atom. The van der Waals surface area contributed by atoms with Gasteiger partial charge in [-0.05, 0) is 12.1 Å². The highest BCUT2D eigenvalue weighted by Gasteiger charge is 2.21. The number of halogens is 1. The van der Waals surface area contributed by atoms with Crippen LogP contribution in [0.1, 0.15) is 12.5 Å². The van der Waals surface area contributed by atoms with Gasteiger partial charge in [0.1, 0.15) is 10.6 Å². The van der Waals surface area contributed by atoms with Gasteiger partial charge in [-0.15, -0.1) is 0 Å². The van der Waals surface area contributed by atoms with Gasteiger partial charge in [-0.25, -0.2) is 13.1 Å². The summed E-state index contributed by atoms with van der Waals surface area (Å²) in [5.41, 5.74) is 0.330. The van der Waals surface area contributed by atoms with Crippen molar-refractivity contribution >= 4 is 21.6 Å². The Balaban J connectivity index is 3.46. The number of sulfonamides is 1. The SMILES string of the molecule is CCNS(=O)(=O)c1cc(Cl)cc(CO)c1OC. The van der Waals surface area contributed by atoms with Gasteiger partial charge >= 0.3 is 0 Å². The zero-order valence-electron chi connectivity index (χ0n) is 9.53. The second kappa shape index (κ2) is 5.68. The first-order chi connectivity index (χ1) is 7.96. The van der Waals surface area contributed by atoms with Gasteiger partial charge < -0.3 is 9.84 Å². The van der Waals surface area contributed by atoms with Crippen LogP contribution in [0, 0.1) is 0 Å². The topological polar surface area (TPSA) is 75.6 Å². The van der Waals surface area contributed by atoms with Crippen LogP contribution in [-0.4, -0.2) is 27.2 Å². The third-order valence-corrected chi connectivity index (χ3v) is 3.86. The summed E-state index contributed by atoms with van der Waals surface area (Å²) in [5.74, 6) is 0.109. The molecule has 0 amide bonds. The maximum atomic E-state index is 11.9. The summed E-state index contributed by atoms with van der Waals surface area (Å²) in [4.78, 5) is -0.0709. The van der Waals surface area contributed by atoms with E-state index in [1.807, 2.05) is 0 Å². The van der Waals surface area contributed by atoms with E-state index in [0.717, 1.165) is 0 Å². The Kier molecular flexibility index (Phi) is 4.76. The highest BCUT2D eigenvalue weighted by atomic mass is 35.5. The van der Waals surface area contributed by atoms with Gasteiger partial charge in [0.15, 0.2) is 0 Å². The molecule has 0 aliphatic rings. The van der Waals surface area contributed by atoms with Crippen molar-refractivity contribution in [3.05, 3.63) is 22.7 Å². The molecule has 1 aromatic carbocycles. The van der Waals surface area contributed by atoms with E-state index >= 15 is 0 Å². The van der Waals surface area contributed by atoms with Gasteiger partial charge in [0.05, 0.1) is 13.7 Å². The lowest BCUT2D eigenvalue weighted by Crippen LogP contribution is -2.24. The number of aliphatic hydroxyl groups excluding tert-OH is 1. The molecular weight excluding hydrogens is 266 g/mol. The maximum absolute atomic E-state index is 11.9. The second-order valence-electron chi connectivity index (χ2n) is 3.26. The monoisotopic (exact) mass is 279 g/mol. The van der Waals surface area contributed by atoms with Crippen molar-refractivity contribution in [2.24, 2.45) is 0 Å². The molecule has 0 unspecified atom stereocenters. The second-order valence-corrected chi connectivity index (χ2v) is 5.43. The maximum Gasteiger partial charge on any atom is 0.244 e. The molecular formula is C10H14ClNO4S. The molecule has 0 aliphatic carbocycles. The van der Waals surface area contributed by atoms with Gasteiger partial charge in [-0.1, -0.05) is 18.5 Å². The molecule has 0 saturated heterocycles. The minimum absolute atomic E-state index is 0.0709. The Hall–Kier alpha value is -0.820. The Morgan fingerprint density at radius 3 is 2.59 bits per heavy atom. The Labute approximate surface area is 105 Å². The third-order valence-electron chi connectivity index (χ3n) is 2.09. The van der Waals surface area contributed by atoms with Crippen LogP contribution in [0.3, 0.4) is 0 Å². The average Bonchev–Trinajstić information content (AvgIpc) is 2.27. The van der Waals surface area contributed by atoms with Crippen molar-refractivity contribution < 1.29 is 18.3 Å². The van der Waals surface area contributed by atoms with Crippen LogP contribution in [0.4, 0.5) is 0 Å². The lowest BCUT2D eigenvalue weighted by atomic mass is 10.2. The van der Waals surface area contributed by atoms with Crippen molar-refractivity contribution in [2.75, 3.05) is 13.7 Å². The molecule has 5 nitrogen and oxygen atoms in total. The summed E-state index contributed by atoms with van der Waals surface area (Å²) in [5, 5.41) is 9.37. The fraction of sp³-hybridized carbons (Fsp3) is 0.400. The summed E-state index contributed by atoms with van der Waals surface area (Å²) in [6.07, 6.45) is 0. The molecule has 96 valence electrons. The summed E-state index contributed by atoms with van der Waals surface area (Å²) >= 11 is 5.81. The lowest BCUT2D eigenvalue weighted by molar-refractivity contribution is 0.272. The molecule has 0 spiro atoms. The molecule has 0 radical (unpaired) electrons. The summed E-state index contributed by atoms with van der Waals surface area (Å²) in [6.45, 7) is 1.58. The minimum Gasteiger partial charge on any atom is -0.495 e. The molecule has 0 fully saturated rings. The predicted octanol–water partition coefficient (Wildman–Crippen LogP) is 1.14. The molecule has 7 heteroatoms. The van der Waals surface area contributed by atoms with E-state index in [0.29, 0.717) is 5.56 Å². The molecule has 1 aromatic rings. The summed E-state index contributed by atoms with van der Waals surface area (Å²) in [7, 11) is -2.34. The summed E-state index contributed by atoms with van der Waals surface area (Å²) in [6, 6.07) is 2.75. The average molecular weight is 280 g/mol. The number of aliphatic hydroxyl groups is 1. The molecule has 0 atom stereocenters. The first-order valence-electron chi connectivity index (χ1n) is 4.93. The standard InChI is InChI=1S/C10H14ClNO4S/c1-3-12-17(14,15)9-5-8(11)4-7(6-13)10(9)16-2/h4-5,12-13H,3,6H2,1-2H3. The van der Waals surface area contributed by atoms with Crippen molar-refractivity contribution in [3.63, 3.8) is 0 Å². The van der Waals surface area contributed by atoms with Crippen LogP contribution in [0.25, 0.3) is 0 Å². The predicted molar refractivity (Wildman–Crippen MR) is 64.8 cm³/mol. The highest BCUT2D eigenvalue weighted by molar-refractivity contribution is 7.89. The molecule has 0 heterocycles. The van der Waals surface area contributed by atoms with Crippen molar-refractivity contribution in [2.45, 2.75) is 18.4 Å². The third kappa shape index (κ3) is 3.10. The van der Waals surface area contributed by atoms with Crippen LogP contribution in [0.5, 0.6) is 5.75 Å². The van der Waals surface area contributed by atoms with Crippen LogP contribution in [0.15, 0.2) is 17.0 Å². The van der Waals surface area contributed by atoms with Crippen molar-refractivity contribution in [3.8, 4) is 5.75 Å². The van der Waals surface area contributed by atoms with Crippen LogP contribution in [0.2, 0.25) is 5.02 Å². The number of ether oxygens (including phenoxy) is 1. The molecule has 1 rings (SSSR count). The Morgan fingerprint density at radius 1 is 1.47 bits per heavy atom. The molecule has 0 aromatic heterocycles. The molecule has 17 heavy (non-hydrogen) atoms.